The minimum absolute atomic E-state index is 0.104. The fourth-order valence-electron chi connectivity index (χ4n) is 3.13. The van der Waals surface area contributed by atoms with Crippen LogP contribution in [-0.2, 0) is 4.74 Å². The van der Waals surface area contributed by atoms with Gasteiger partial charge in [-0.15, -0.1) is 0 Å². The summed E-state index contributed by atoms with van der Waals surface area (Å²) in [5, 5.41) is 3.53. The quantitative estimate of drug-likeness (QED) is 0.735. The lowest BCUT2D eigenvalue weighted by molar-refractivity contribution is -0.0853. The molecule has 0 bridgehead atoms. The number of rotatable bonds is 7. The molecule has 0 unspecified atom stereocenters. The van der Waals surface area contributed by atoms with Crippen LogP contribution < -0.4 is 5.32 Å². The number of likely N-dealkylation sites (N-methyl/N-ethyl adjacent to an activating group) is 1. The molecule has 0 aromatic rings. The van der Waals surface area contributed by atoms with Crippen molar-refractivity contribution in [3.8, 4) is 0 Å². The predicted molar refractivity (Wildman–Crippen MR) is 88.1 cm³/mol. The van der Waals surface area contributed by atoms with E-state index in [1.807, 2.05) is 0 Å². The molecule has 0 atom stereocenters. The van der Waals surface area contributed by atoms with Gasteiger partial charge in [0.25, 0.3) is 0 Å². The first-order valence-corrected chi connectivity index (χ1v) is 8.63. The van der Waals surface area contributed by atoms with Gasteiger partial charge < -0.3 is 10.1 Å². The zero-order valence-corrected chi connectivity index (χ0v) is 14.7. The summed E-state index contributed by atoms with van der Waals surface area (Å²) in [7, 11) is 0. The third-order valence-electron chi connectivity index (χ3n) is 4.84. The van der Waals surface area contributed by atoms with Gasteiger partial charge in [-0.1, -0.05) is 41.5 Å². The van der Waals surface area contributed by atoms with Crippen LogP contribution in [0.2, 0.25) is 0 Å². The van der Waals surface area contributed by atoms with Crippen LogP contribution in [0.25, 0.3) is 0 Å². The maximum Gasteiger partial charge on any atom is 0.0806 e. The fraction of sp³-hybridized carbons (Fsp3) is 1.00. The van der Waals surface area contributed by atoms with Crippen LogP contribution in [0, 0.1) is 17.3 Å². The van der Waals surface area contributed by atoms with E-state index < -0.39 is 0 Å². The minimum atomic E-state index is 0.104. The summed E-state index contributed by atoms with van der Waals surface area (Å²) < 4.78 is 6.41. The van der Waals surface area contributed by atoms with Crippen molar-refractivity contribution in [1.82, 2.24) is 5.32 Å². The Balaban J connectivity index is 2.51. The molecule has 120 valence electrons. The molecule has 20 heavy (non-hydrogen) atoms. The van der Waals surface area contributed by atoms with Gasteiger partial charge in [-0.05, 0) is 55.9 Å². The highest BCUT2D eigenvalue weighted by Gasteiger charge is 2.36. The Morgan fingerprint density at radius 1 is 1.20 bits per heavy atom. The highest BCUT2D eigenvalue weighted by atomic mass is 16.5. The maximum atomic E-state index is 6.41. The standard InChI is InChI=1S/C18H37NO/c1-7-19-14-18(20-13-12-17(4,5)6)10-8-16(9-11-18)15(2)3/h15-16,19H,7-14H2,1-6H3. The lowest BCUT2D eigenvalue weighted by atomic mass is 9.74. The van der Waals surface area contributed by atoms with Crippen molar-refractivity contribution in [1.29, 1.82) is 0 Å². The molecule has 0 heterocycles. The van der Waals surface area contributed by atoms with Crippen LogP contribution >= 0.6 is 0 Å². The molecule has 1 rings (SSSR count). The second-order valence-electron chi connectivity index (χ2n) is 8.20. The van der Waals surface area contributed by atoms with Crippen LogP contribution in [0.15, 0.2) is 0 Å². The molecular formula is C18H37NO. The molecule has 1 saturated carbocycles. The normalized spacial score (nSPS) is 28.1. The molecule has 1 N–H and O–H groups in total. The zero-order valence-electron chi connectivity index (χ0n) is 14.7. The van der Waals surface area contributed by atoms with E-state index in [1.165, 1.54) is 25.7 Å². The van der Waals surface area contributed by atoms with Gasteiger partial charge in [-0.25, -0.2) is 0 Å². The van der Waals surface area contributed by atoms with Gasteiger partial charge in [-0.2, -0.15) is 0 Å². The maximum absolute atomic E-state index is 6.41. The molecule has 2 nitrogen and oxygen atoms in total. The third kappa shape index (κ3) is 6.13. The molecule has 0 aromatic carbocycles. The van der Waals surface area contributed by atoms with Crippen LogP contribution in [-0.4, -0.2) is 25.3 Å². The molecule has 0 spiro atoms. The van der Waals surface area contributed by atoms with Crippen LogP contribution in [0.4, 0.5) is 0 Å². The monoisotopic (exact) mass is 283 g/mol. The van der Waals surface area contributed by atoms with Crippen LogP contribution in [0.1, 0.15) is 73.6 Å². The Morgan fingerprint density at radius 3 is 2.25 bits per heavy atom. The average molecular weight is 284 g/mol. The van der Waals surface area contributed by atoms with Gasteiger partial charge in [0.15, 0.2) is 0 Å². The Hall–Kier alpha value is -0.0800. The molecule has 1 aliphatic rings. The summed E-state index contributed by atoms with van der Waals surface area (Å²) >= 11 is 0. The summed E-state index contributed by atoms with van der Waals surface area (Å²) in [5.41, 5.74) is 0.473. The summed E-state index contributed by atoms with van der Waals surface area (Å²) in [4.78, 5) is 0. The predicted octanol–water partition coefficient (Wildman–Crippen LogP) is 4.63. The molecule has 0 radical (unpaired) electrons. The first kappa shape index (κ1) is 18.0. The van der Waals surface area contributed by atoms with Gasteiger partial charge in [0.2, 0.25) is 0 Å². The van der Waals surface area contributed by atoms with Crippen LogP contribution in [0.3, 0.4) is 0 Å². The molecular weight excluding hydrogens is 246 g/mol. The number of hydrogen-bond acceptors (Lipinski definition) is 2. The minimum Gasteiger partial charge on any atom is -0.374 e. The van der Waals surface area contributed by atoms with Crippen LogP contribution in [0.5, 0.6) is 0 Å². The van der Waals surface area contributed by atoms with Crippen molar-refractivity contribution >= 4 is 0 Å². The van der Waals surface area contributed by atoms with E-state index in [0.29, 0.717) is 5.41 Å². The van der Waals surface area contributed by atoms with Crippen molar-refractivity contribution < 1.29 is 4.74 Å². The molecule has 0 aliphatic heterocycles. The van der Waals surface area contributed by atoms with Gasteiger partial charge >= 0.3 is 0 Å². The SMILES string of the molecule is CCNCC1(OCCC(C)(C)C)CCC(C(C)C)CC1. The molecule has 1 aliphatic carbocycles. The molecule has 0 aromatic heterocycles. The van der Waals surface area contributed by atoms with E-state index >= 15 is 0 Å². The number of hydrogen-bond donors (Lipinski definition) is 1. The van der Waals surface area contributed by atoms with E-state index in [-0.39, 0.29) is 5.60 Å². The summed E-state index contributed by atoms with van der Waals surface area (Å²) in [6, 6.07) is 0. The van der Waals surface area contributed by atoms with E-state index in [9.17, 15) is 0 Å². The Kier molecular flexibility index (Phi) is 7.00. The fourth-order valence-corrected chi connectivity index (χ4v) is 3.13. The highest BCUT2D eigenvalue weighted by molar-refractivity contribution is 4.90. The lowest BCUT2D eigenvalue weighted by Crippen LogP contribution is -2.46. The van der Waals surface area contributed by atoms with E-state index in [4.69, 9.17) is 4.74 Å². The Morgan fingerprint density at radius 2 is 1.80 bits per heavy atom. The topological polar surface area (TPSA) is 21.3 Å². The molecule has 0 saturated heterocycles. The van der Waals surface area contributed by atoms with Gasteiger partial charge in [-0.3, -0.25) is 0 Å². The Bertz CT molecular complexity index is 259. The van der Waals surface area contributed by atoms with E-state index in [2.05, 4.69) is 46.9 Å². The third-order valence-corrected chi connectivity index (χ3v) is 4.84. The van der Waals surface area contributed by atoms with E-state index in [0.717, 1.165) is 38.0 Å². The van der Waals surface area contributed by atoms with Crippen molar-refractivity contribution in [3.05, 3.63) is 0 Å². The summed E-state index contributed by atoms with van der Waals surface area (Å²) in [6.07, 6.45) is 6.27. The van der Waals surface area contributed by atoms with E-state index in [1.54, 1.807) is 0 Å². The first-order valence-electron chi connectivity index (χ1n) is 8.63. The molecule has 1 fully saturated rings. The number of nitrogens with one attached hydrogen (secondary N) is 1. The lowest BCUT2D eigenvalue weighted by Gasteiger charge is -2.42. The average Bonchev–Trinajstić information content (AvgIpc) is 2.35. The Labute approximate surface area is 127 Å². The van der Waals surface area contributed by atoms with Crippen molar-refractivity contribution in [2.24, 2.45) is 17.3 Å². The highest BCUT2D eigenvalue weighted by Crippen LogP contribution is 2.38. The van der Waals surface area contributed by atoms with Crippen molar-refractivity contribution in [2.45, 2.75) is 79.2 Å². The largest absolute Gasteiger partial charge is 0.374 e. The van der Waals surface area contributed by atoms with Crippen molar-refractivity contribution in [3.63, 3.8) is 0 Å². The molecule has 2 heteroatoms. The first-order chi connectivity index (χ1) is 9.28. The van der Waals surface area contributed by atoms with Gasteiger partial charge in [0.05, 0.1) is 5.60 Å². The smallest absolute Gasteiger partial charge is 0.0806 e. The second-order valence-corrected chi connectivity index (χ2v) is 8.20. The molecule has 0 amide bonds. The summed E-state index contributed by atoms with van der Waals surface area (Å²) in [5.74, 6) is 1.72. The van der Waals surface area contributed by atoms with Gasteiger partial charge in [0.1, 0.15) is 0 Å². The zero-order chi connectivity index (χ0) is 15.2. The summed E-state index contributed by atoms with van der Waals surface area (Å²) in [6.45, 7) is 16.8. The second kappa shape index (κ2) is 7.79. The van der Waals surface area contributed by atoms with Crippen molar-refractivity contribution in [2.75, 3.05) is 19.7 Å². The van der Waals surface area contributed by atoms with Gasteiger partial charge in [0, 0.05) is 13.2 Å². The number of ether oxygens (including phenoxy) is 1.